The van der Waals surface area contributed by atoms with E-state index in [1.165, 1.54) is 27.7 Å². The van der Waals surface area contributed by atoms with E-state index in [0.717, 1.165) is 11.3 Å². The molecular weight excluding hydrogens is 301 g/mol. The van der Waals surface area contributed by atoms with Crippen LogP contribution in [0.1, 0.15) is 36.1 Å². The number of carbonyl (C=O) groups excluding carboxylic acids is 1. The molecule has 0 unspecified atom stereocenters. The van der Waals surface area contributed by atoms with Crippen LogP contribution in [0.4, 0.5) is 13.2 Å². The zero-order valence-corrected chi connectivity index (χ0v) is 12.4. The van der Waals surface area contributed by atoms with Crippen molar-refractivity contribution in [2.75, 3.05) is 0 Å². The second-order valence-electron chi connectivity index (χ2n) is 5.20. The number of nitrogens with one attached hydrogen (secondary N) is 1. The minimum absolute atomic E-state index is 0.100. The maximum Gasteiger partial charge on any atom is 0.409 e. The molecule has 0 fully saturated rings. The summed E-state index contributed by atoms with van der Waals surface area (Å²) >= 11 is 6.49. The van der Waals surface area contributed by atoms with Crippen LogP contribution in [0.25, 0.3) is 0 Å². The lowest BCUT2D eigenvalue weighted by atomic mass is 9.86. The molecule has 0 bridgehead atoms. The molecule has 1 aromatic heterocycles. The van der Waals surface area contributed by atoms with Gasteiger partial charge in [0.2, 0.25) is 0 Å². The molecule has 1 aromatic rings. The third-order valence-electron chi connectivity index (χ3n) is 2.45. The Labute approximate surface area is 118 Å². The van der Waals surface area contributed by atoms with E-state index in [0.29, 0.717) is 5.69 Å². The van der Waals surface area contributed by atoms with E-state index >= 15 is 0 Å². The Balaban J connectivity index is 2.99. The van der Waals surface area contributed by atoms with Crippen molar-refractivity contribution in [3.63, 3.8) is 0 Å². The van der Waals surface area contributed by atoms with E-state index in [-0.39, 0.29) is 9.34 Å². The van der Waals surface area contributed by atoms with Gasteiger partial charge in [-0.1, -0.05) is 43.7 Å². The van der Waals surface area contributed by atoms with Gasteiger partial charge in [-0.25, -0.2) is 4.98 Å². The van der Waals surface area contributed by atoms with Crippen molar-refractivity contribution in [3.8, 4) is 0 Å². The highest BCUT2D eigenvalue weighted by atomic mass is 35.5. The van der Waals surface area contributed by atoms with Gasteiger partial charge < -0.3 is 5.32 Å². The van der Waals surface area contributed by atoms with Gasteiger partial charge in [0.15, 0.2) is 4.47 Å². The molecule has 8 heteroatoms. The topological polar surface area (TPSA) is 42.0 Å². The Bertz CT molecular complexity index is 465. The van der Waals surface area contributed by atoms with Crippen molar-refractivity contribution in [1.82, 2.24) is 10.3 Å². The summed E-state index contributed by atoms with van der Waals surface area (Å²) in [4.78, 5) is 15.8. The zero-order chi connectivity index (χ0) is 15.0. The largest absolute Gasteiger partial charge is 0.409 e. The standard InChI is InChI=1S/C11H14ClF3N2OS/c1-5-6(19-9(12)16-5)7(18)17-8(10(2,3)4)11(13,14)15/h8H,1-4H3,(H,17,18)/t8-/m0/s1. The molecule has 1 atom stereocenters. The number of hydrogen-bond donors (Lipinski definition) is 1. The molecule has 0 radical (unpaired) electrons. The number of amides is 1. The Kier molecular flexibility index (Phi) is 4.51. The van der Waals surface area contributed by atoms with Gasteiger partial charge in [-0.15, -0.1) is 0 Å². The molecule has 19 heavy (non-hydrogen) atoms. The van der Waals surface area contributed by atoms with Crippen LogP contribution in [0.15, 0.2) is 0 Å². The fraction of sp³-hybridized carbons (Fsp3) is 0.636. The number of rotatable bonds is 2. The van der Waals surface area contributed by atoms with E-state index in [4.69, 9.17) is 11.6 Å². The molecular formula is C11H14ClF3N2OS. The van der Waals surface area contributed by atoms with Gasteiger partial charge in [0.25, 0.3) is 5.91 Å². The first-order valence-corrected chi connectivity index (χ1v) is 6.63. The summed E-state index contributed by atoms with van der Waals surface area (Å²) in [6.45, 7) is 5.77. The maximum atomic E-state index is 12.9. The van der Waals surface area contributed by atoms with Gasteiger partial charge in [0, 0.05) is 0 Å². The second kappa shape index (κ2) is 5.28. The summed E-state index contributed by atoms with van der Waals surface area (Å²) in [7, 11) is 0. The average Bonchev–Trinajstić information content (AvgIpc) is 2.50. The first-order chi connectivity index (χ1) is 8.43. The van der Waals surface area contributed by atoms with Crippen LogP contribution in [0.2, 0.25) is 4.47 Å². The van der Waals surface area contributed by atoms with Gasteiger partial charge >= 0.3 is 6.18 Å². The molecule has 108 valence electrons. The molecule has 0 aliphatic heterocycles. The van der Waals surface area contributed by atoms with E-state index in [2.05, 4.69) is 4.98 Å². The van der Waals surface area contributed by atoms with Crippen LogP contribution in [-0.2, 0) is 0 Å². The van der Waals surface area contributed by atoms with E-state index < -0.39 is 23.5 Å². The van der Waals surface area contributed by atoms with Gasteiger partial charge in [-0.3, -0.25) is 4.79 Å². The number of halogens is 4. The Morgan fingerprint density at radius 2 is 1.89 bits per heavy atom. The number of hydrogen-bond acceptors (Lipinski definition) is 3. The zero-order valence-electron chi connectivity index (χ0n) is 10.9. The molecule has 0 saturated carbocycles. The number of carbonyl (C=O) groups is 1. The highest BCUT2D eigenvalue weighted by Crippen LogP contribution is 2.34. The normalized spacial score (nSPS) is 14.3. The van der Waals surface area contributed by atoms with Crippen molar-refractivity contribution in [3.05, 3.63) is 15.0 Å². The lowest BCUT2D eigenvalue weighted by Crippen LogP contribution is -2.53. The number of alkyl halides is 3. The molecule has 0 aliphatic carbocycles. The molecule has 1 heterocycles. The first-order valence-electron chi connectivity index (χ1n) is 5.43. The smallest absolute Gasteiger partial charge is 0.339 e. The van der Waals surface area contributed by atoms with E-state index in [1.54, 1.807) is 0 Å². The fourth-order valence-electron chi connectivity index (χ4n) is 1.56. The van der Waals surface area contributed by atoms with Crippen molar-refractivity contribution in [2.45, 2.75) is 39.9 Å². The maximum absolute atomic E-state index is 12.9. The molecule has 1 N–H and O–H groups in total. The van der Waals surface area contributed by atoms with Crippen LogP contribution >= 0.6 is 22.9 Å². The summed E-state index contributed by atoms with van der Waals surface area (Å²) < 4.78 is 39.0. The van der Waals surface area contributed by atoms with E-state index in [1.807, 2.05) is 5.32 Å². The van der Waals surface area contributed by atoms with Crippen molar-refractivity contribution >= 4 is 28.8 Å². The van der Waals surface area contributed by atoms with Crippen molar-refractivity contribution < 1.29 is 18.0 Å². The Morgan fingerprint density at radius 3 is 2.21 bits per heavy atom. The molecule has 0 spiro atoms. The minimum Gasteiger partial charge on any atom is -0.339 e. The fourth-order valence-corrected chi connectivity index (χ4v) is 2.61. The molecule has 3 nitrogen and oxygen atoms in total. The monoisotopic (exact) mass is 314 g/mol. The van der Waals surface area contributed by atoms with Crippen molar-refractivity contribution in [1.29, 1.82) is 0 Å². The predicted octanol–water partition coefficient (Wildman–Crippen LogP) is 3.81. The second-order valence-corrected chi connectivity index (χ2v) is 6.78. The van der Waals surface area contributed by atoms with Crippen LogP contribution in [0, 0.1) is 12.3 Å². The highest BCUT2D eigenvalue weighted by molar-refractivity contribution is 7.17. The Morgan fingerprint density at radius 1 is 1.37 bits per heavy atom. The van der Waals surface area contributed by atoms with Gasteiger partial charge in [0.1, 0.15) is 10.9 Å². The summed E-state index contributed by atoms with van der Waals surface area (Å²) in [6, 6.07) is -1.94. The summed E-state index contributed by atoms with van der Waals surface area (Å²) in [5.74, 6) is -0.806. The van der Waals surface area contributed by atoms with Gasteiger partial charge in [-0.2, -0.15) is 13.2 Å². The lowest BCUT2D eigenvalue weighted by molar-refractivity contribution is -0.174. The van der Waals surface area contributed by atoms with Gasteiger partial charge in [0.05, 0.1) is 5.69 Å². The van der Waals surface area contributed by atoms with Crippen LogP contribution in [0.5, 0.6) is 0 Å². The number of thiazole rings is 1. The third kappa shape index (κ3) is 4.07. The molecule has 0 aromatic carbocycles. The quantitative estimate of drug-likeness (QED) is 0.902. The van der Waals surface area contributed by atoms with Crippen molar-refractivity contribution in [2.24, 2.45) is 5.41 Å². The minimum atomic E-state index is -4.52. The predicted molar refractivity (Wildman–Crippen MR) is 68.6 cm³/mol. The summed E-state index contributed by atoms with van der Waals surface area (Å²) in [5, 5.41) is 2.02. The summed E-state index contributed by atoms with van der Waals surface area (Å²) in [5.41, 5.74) is -0.821. The third-order valence-corrected chi connectivity index (χ3v) is 3.71. The van der Waals surface area contributed by atoms with E-state index in [9.17, 15) is 18.0 Å². The SMILES string of the molecule is Cc1nc(Cl)sc1C(=O)N[C@@H](C(C)(C)C)C(F)(F)F. The van der Waals surface area contributed by atoms with Crippen LogP contribution < -0.4 is 5.32 Å². The van der Waals surface area contributed by atoms with Crippen LogP contribution in [0.3, 0.4) is 0 Å². The Hall–Kier alpha value is -0.820. The molecule has 0 saturated heterocycles. The highest BCUT2D eigenvalue weighted by Gasteiger charge is 2.48. The van der Waals surface area contributed by atoms with Gasteiger partial charge in [-0.05, 0) is 12.3 Å². The molecule has 0 aliphatic rings. The van der Waals surface area contributed by atoms with Crippen LogP contribution in [-0.4, -0.2) is 23.1 Å². The lowest BCUT2D eigenvalue weighted by Gasteiger charge is -2.32. The number of aryl methyl sites for hydroxylation is 1. The number of aromatic nitrogens is 1. The molecule has 1 amide bonds. The average molecular weight is 315 g/mol. The summed E-state index contributed by atoms with van der Waals surface area (Å²) in [6.07, 6.45) is -4.52. The first kappa shape index (κ1) is 16.2. The number of nitrogens with zero attached hydrogens (tertiary/aromatic N) is 1. The molecule has 1 rings (SSSR count).